The molecule has 0 aliphatic carbocycles. The average Bonchev–Trinajstić information content (AvgIpc) is 2.82. The van der Waals surface area contributed by atoms with E-state index in [2.05, 4.69) is 19.2 Å². The number of carbonyl (C=O) groups is 3. The zero-order valence-corrected chi connectivity index (χ0v) is 13.6. The first-order valence-corrected chi connectivity index (χ1v) is 8.22. The van der Waals surface area contributed by atoms with Crippen molar-refractivity contribution in [2.24, 2.45) is 0 Å². The van der Waals surface area contributed by atoms with Gasteiger partial charge in [0, 0.05) is 17.4 Å². The van der Waals surface area contributed by atoms with E-state index in [1.807, 2.05) is 30.3 Å². The number of piperidine rings is 1. The van der Waals surface area contributed by atoms with Gasteiger partial charge in [-0.25, -0.2) is 0 Å². The number of nitrogens with one attached hydrogen (secondary N) is 1. The summed E-state index contributed by atoms with van der Waals surface area (Å²) < 4.78 is 0. The Morgan fingerprint density at radius 2 is 1.92 bits per heavy atom. The first-order chi connectivity index (χ1) is 11.5. The van der Waals surface area contributed by atoms with Gasteiger partial charge < -0.3 is 0 Å². The third-order valence-corrected chi connectivity index (χ3v) is 4.90. The fraction of sp³-hybridized carbons (Fsp3) is 0.316. The summed E-state index contributed by atoms with van der Waals surface area (Å²) in [7, 11) is 0. The maximum Gasteiger partial charge on any atom is 0.259 e. The van der Waals surface area contributed by atoms with Gasteiger partial charge in [-0.15, -0.1) is 0 Å². The molecular weight excluding hydrogens is 304 g/mol. The van der Waals surface area contributed by atoms with E-state index in [4.69, 9.17) is 0 Å². The lowest BCUT2D eigenvalue weighted by Crippen LogP contribution is -2.53. The van der Waals surface area contributed by atoms with Gasteiger partial charge in [-0.1, -0.05) is 32.0 Å². The molecule has 0 bridgehead atoms. The van der Waals surface area contributed by atoms with Crippen LogP contribution in [0.1, 0.15) is 48.5 Å². The molecule has 1 atom stereocenters. The van der Waals surface area contributed by atoms with E-state index >= 15 is 0 Å². The van der Waals surface area contributed by atoms with Crippen molar-refractivity contribution >= 4 is 34.2 Å². The summed E-state index contributed by atoms with van der Waals surface area (Å²) in [6.07, 6.45) is 0.613. The van der Waals surface area contributed by atoms with E-state index in [0.717, 1.165) is 16.5 Å². The van der Waals surface area contributed by atoms with Crippen LogP contribution >= 0.6 is 0 Å². The molecule has 0 saturated carbocycles. The number of benzene rings is 2. The molecule has 5 nitrogen and oxygen atoms in total. The molecule has 1 saturated heterocycles. The standard InChI is InChI=1S/C19H18N2O3/c1-10(2)11-6-7-13-17-12(11)4-3-5-14(17)21(19(13)24)15-8-9-16(22)20-18(15)23/h3-7,10,15H,8-9H2,1-2H3,(H,20,22,23). The van der Waals surface area contributed by atoms with Gasteiger partial charge in [0.05, 0.1) is 5.69 Å². The van der Waals surface area contributed by atoms with Crippen LogP contribution < -0.4 is 10.2 Å². The topological polar surface area (TPSA) is 66.5 Å². The Morgan fingerprint density at radius 3 is 2.62 bits per heavy atom. The van der Waals surface area contributed by atoms with E-state index < -0.39 is 11.9 Å². The number of hydrogen-bond donors (Lipinski definition) is 1. The molecule has 1 N–H and O–H groups in total. The lowest BCUT2D eigenvalue weighted by Gasteiger charge is -2.30. The van der Waals surface area contributed by atoms with Crippen LogP contribution in [0.2, 0.25) is 0 Å². The number of nitrogens with zero attached hydrogens (tertiary/aromatic N) is 1. The fourth-order valence-corrected chi connectivity index (χ4v) is 3.77. The second kappa shape index (κ2) is 5.16. The minimum Gasteiger partial charge on any atom is -0.295 e. The number of imide groups is 1. The maximum absolute atomic E-state index is 12.9. The van der Waals surface area contributed by atoms with Crippen LogP contribution in [0.5, 0.6) is 0 Å². The fourth-order valence-electron chi connectivity index (χ4n) is 3.77. The summed E-state index contributed by atoms with van der Waals surface area (Å²) in [6.45, 7) is 4.25. The van der Waals surface area contributed by atoms with Crippen molar-refractivity contribution in [3.8, 4) is 0 Å². The first-order valence-electron chi connectivity index (χ1n) is 8.22. The van der Waals surface area contributed by atoms with Crippen molar-refractivity contribution in [1.82, 2.24) is 5.32 Å². The minimum absolute atomic E-state index is 0.161. The highest BCUT2D eigenvalue weighted by atomic mass is 16.2. The predicted octanol–water partition coefficient (Wildman–Crippen LogP) is 2.73. The normalized spacial score (nSPS) is 20.2. The van der Waals surface area contributed by atoms with Crippen LogP contribution in [0.25, 0.3) is 10.8 Å². The van der Waals surface area contributed by atoms with Gasteiger partial charge in [-0.3, -0.25) is 24.6 Å². The van der Waals surface area contributed by atoms with Gasteiger partial charge in [0.1, 0.15) is 6.04 Å². The van der Waals surface area contributed by atoms with Gasteiger partial charge >= 0.3 is 0 Å². The zero-order valence-electron chi connectivity index (χ0n) is 13.6. The van der Waals surface area contributed by atoms with E-state index in [1.165, 1.54) is 5.56 Å². The lowest BCUT2D eigenvalue weighted by atomic mass is 9.93. The number of rotatable bonds is 2. The van der Waals surface area contributed by atoms with Crippen molar-refractivity contribution in [3.05, 3.63) is 41.5 Å². The smallest absolute Gasteiger partial charge is 0.259 e. The van der Waals surface area contributed by atoms with Crippen LogP contribution in [-0.2, 0) is 9.59 Å². The summed E-state index contributed by atoms with van der Waals surface area (Å²) in [6, 6.07) is 9.05. The number of amides is 3. The van der Waals surface area contributed by atoms with Gasteiger partial charge in [-0.2, -0.15) is 0 Å². The third-order valence-electron chi connectivity index (χ3n) is 4.90. The molecule has 0 radical (unpaired) electrons. The van der Waals surface area contributed by atoms with Crippen molar-refractivity contribution in [2.45, 2.75) is 38.6 Å². The second-order valence-corrected chi connectivity index (χ2v) is 6.70. The van der Waals surface area contributed by atoms with Crippen LogP contribution in [0, 0.1) is 0 Å². The molecule has 1 unspecified atom stereocenters. The molecule has 4 rings (SSSR count). The van der Waals surface area contributed by atoms with E-state index in [1.54, 1.807) is 4.90 Å². The van der Waals surface area contributed by atoms with Crippen molar-refractivity contribution in [3.63, 3.8) is 0 Å². The first kappa shape index (κ1) is 14.9. The van der Waals surface area contributed by atoms with Gasteiger partial charge in [-0.05, 0) is 35.4 Å². The molecule has 2 heterocycles. The Balaban J connectivity index is 1.89. The number of hydrogen-bond acceptors (Lipinski definition) is 3. The molecule has 122 valence electrons. The molecule has 3 amide bonds. The quantitative estimate of drug-likeness (QED) is 0.865. The average molecular weight is 322 g/mol. The minimum atomic E-state index is -0.629. The maximum atomic E-state index is 12.9. The van der Waals surface area contributed by atoms with Crippen molar-refractivity contribution in [1.29, 1.82) is 0 Å². The predicted molar refractivity (Wildman–Crippen MR) is 91.0 cm³/mol. The van der Waals surface area contributed by atoms with Crippen LogP contribution in [0.3, 0.4) is 0 Å². The highest BCUT2D eigenvalue weighted by Gasteiger charge is 2.40. The van der Waals surface area contributed by atoms with E-state index in [0.29, 0.717) is 17.9 Å². The summed E-state index contributed by atoms with van der Waals surface area (Å²) in [5.74, 6) is -0.491. The Kier molecular flexibility index (Phi) is 3.20. The summed E-state index contributed by atoms with van der Waals surface area (Å²) in [5.41, 5.74) is 2.59. The highest BCUT2D eigenvalue weighted by molar-refractivity contribution is 6.27. The molecular formula is C19H18N2O3. The summed E-state index contributed by atoms with van der Waals surface area (Å²) in [5, 5.41) is 4.32. The zero-order chi connectivity index (χ0) is 17.0. The SMILES string of the molecule is CC(C)c1ccc2c3c(cccc13)N(C1CCC(=O)NC1=O)C2=O. The molecule has 1 fully saturated rings. The molecule has 5 heteroatoms. The van der Waals surface area contributed by atoms with Crippen LogP contribution in [-0.4, -0.2) is 23.8 Å². The van der Waals surface area contributed by atoms with Crippen LogP contribution in [0.15, 0.2) is 30.3 Å². The highest BCUT2D eigenvalue weighted by Crippen LogP contribution is 2.42. The molecule has 0 spiro atoms. The third kappa shape index (κ3) is 1.97. The largest absolute Gasteiger partial charge is 0.295 e. The van der Waals surface area contributed by atoms with Gasteiger partial charge in [0.25, 0.3) is 5.91 Å². The van der Waals surface area contributed by atoms with Gasteiger partial charge in [0.2, 0.25) is 11.8 Å². The Bertz CT molecular complexity index is 901. The number of anilines is 1. The molecule has 0 aromatic heterocycles. The van der Waals surface area contributed by atoms with Crippen molar-refractivity contribution in [2.75, 3.05) is 4.90 Å². The second-order valence-electron chi connectivity index (χ2n) is 6.70. The molecule has 24 heavy (non-hydrogen) atoms. The summed E-state index contributed by atoms with van der Waals surface area (Å²) >= 11 is 0. The molecule has 2 aromatic rings. The van der Waals surface area contributed by atoms with Gasteiger partial charge in [0.15, 0.2) is 0 Å². The van der Waals surface area contributed by atoms with E-state index in [-0.39, 0.29) is 18.2 Å². The lowest BCUT2D eigenvalue weighted by molar-refractivity contribution is -0.134. The molecule has 2 aromatic carbocycles. The van der Waals surface area contributed by atoms with Crippen molar-refractivity contribution < 1.29 is 14.4 Å². The Hall–Kier alpha value is -2.69. The monoisotopic (exact) mass is 322 g/mol. The summed E-state index contributed by atoms with van der Waals surface area (Å²) in [4.78, 5) is 38.2. The van der Waals surface area contributed by atoms with E-state index in [9.17, 15) is 14.4 Å². The van der Waals surface area contributed by atoms with Crippen LogP contribution in [0.4, 0.5) is 5.69 Å². The Morgan fingerprint density at radius 1 is 1.12 bits per heavy atom. The molecule has 2 aliphatic rings. The number of carbonyl (C=O) groups excluding carboxylic acids is 3. The molecule has 2 aliphatic heterocycles. The Labute approximate surface area is 139 Å².